The summed E-state index contributed by atoms with van der Waals surface area (Å²) in [4.78, 5) is 19.9. The number of aliphatic hydroxyl groups excluding tert-OH is 1. The zero-order valence-corrected chi connectivity index (χ0v) is 27.9. The Kier molecular flexibility index (Phi) is 9.86. The lowest BCUT2D eigenvalue weighted by Gasteiger charge is -2.33. The highest BCUT2D eigenvalue weighted by Gasteiger charge is 2.38. The Morgan fingerprint density at radius 2 is 1.79 bits per heavy atom. The molecule has 0 aliphatic carbocycles. The van der Waals surface area contributed by atoms with Gasteiger partial charge in [0.05, 0.1) is 6.04 Å². The first-order valence-corrected chi connectivity index (χ1v) is 16.1. The number of rotatable bonds is 9. The fraction of sp³-hybridized carbons (Fsp3) is 0.559. The van der Waals surface area contributed by atoms with Crippen LogP contribution in [-0.2, 0) is 17.6 Å². The van der Waals surface area contributed by atoms with Crippen LogP contribution in [0.25, 0.3) is 10.9 Å². The molecule has 0 radical (unpaired) electrons. The summed E-state index contributed by atoms with van der Waals surface area (Å²) in [6.45, 7) is 17.2. The molecule has 6 nitrogen and oxygen atoms in total. The number of aliphatic hydroxyl groups is 1. The molecule has 4 rings (SSSR count). The van der Waals surface area contributed by atoms with Gasteiger partial charge < -0.3 is 24.5 Å². The van der Waals surface area contributed by atoms with E-state index >= 15 is 0 Å². The second-order valence-electron chi connectivity index (χ2n) is 14.2. The van der Waals surface area contributed by atoms with E-state index < -0.39 is 5.60 Å². The van der Waals surface area contributed by atoms with Gasteiger partial charge in [-0.2, -0.15) is 0 Å². The third-order valence-electron chi connectivity index (χ3n) is 7.28. The van der Waals surface area contributed by atoms with Crippen molar-refractivity contribution in [1.29, 1.82) is 0 Å². The molecule has 0 saturated carbocycles. The summed E-state index contributed by atoms with van der Waals surface area (Å²) in [5.74, 6) is 0.764. The maximum Gasteiger partial charge on any atom is 0.410 e. The zero-order chi connectivity index (χ0) is 30.9. The topological polar surface area (TPSA) is 74.8 Å². The SMILES string of the molecule is CC(C)(CO)Cc1[nH]c2ccc(OC(Cc3ccc(Cl)cc3)[C@@H]3CCCN3C(=O)OC(C)(C)C)cc2c1SC(C)(C)C. The number of thioether (sulfide) groups is 1. The molecule has 1 aromatic heterocycles. The van der Waals surface area contributed by atoms with Crippen LogP contribution in [0.1, 0.15) is 79.5 Å². The predicted molar refractivity (Wildman–Crippen MR) is 174 cm³/mol. The molecule has 2 N–H and O–H groups in total. The van der Waals surface area contributed by atoms with E-state index in [0.29, 0.717) is 18.0 Å². The Balaban J connectivity index is 1.71. The first-order valence-electron chi connectivity index (χ1n) is 14.9. The van der Waals surface area contributed by atoms with Crippen molar-refractivity contribution in [1.82, 2.24) is 9.88 Å². The van der Waals surface area contributed by atoms with E-state index in [1.54, 1.807) is 0 Å². The molecule has 0 bridgehead atoms. The minimum atomic E-state index is -0.570. The van der Waals surface area contributed by atoms with Gasteiger partial charge in [-0.3, -0.25) is 0 Å². The second-order valence-corrected chi connectivity index (χ2v) is 16.5. The largest absolute Gasteiger partial charge is 0.488 e. The molecule has 230 valence electrons. The number of nitrogens with zero attached hydrogens (tertiary/aromatic N) is 1. The van der Waals surface area contributed by atoms with Gasteiger partial charge in [-0.05, 0) is 81.3 Å². The monoisotopic (exact) mass is 614 g/mol. The van der Waals surface area contributed by atoms with Crippen LogP contribution in [0.15, 0.2) is 47.4 Å². The lowest BCUT2D eigenvalue weighted by atomic mass is 9.89. The molecule has 1 saturated heterocycles. The number of amides is 1. The number of hydrogen-bond acceptors (Lipinski definition) is 5. The number of aromatic nitrogens is 1. The van der Waals surface area contributed by atoms with Gasteiger partial charge >= 0.3 is 6.09 Å². The summed E-state index contributed by atoms with van der Waals surface area (Å²) in [6.07, 6.45) is 2.54. The number of fused-ring (bicyclic) bond motifs is 1. The number of ether oxygens (including phenoxy) is 2. The van der Waals surface area contributed by atoms with Crippen LogP contribution in [0.5, 0.6) is 5.75 Å². The van der Waals surface area contributed by atoms with Crippen molar-refractivity contribution < 1.29 is 19.4 Å². The van der Waals surface area contributed by atoms with E-state index in [1.165, 1.54) is 4.90 Å². The molecule has 1 aliphatic rings. The molecule has 1 unspecified atom stereocenters. The summed E-state index contributed by atoms with van der Waals surface area (Å²) in [5.41, 5.74) is 2.46. The van der Waals surface area contributed by atoms with E-state index in [1.807, 2.05) is 67.8 Å². The van der Waals surface area contributed by atoms with Crippen molar-refractivity contribution in [2.75, 3.05) is 13.2 Å². The number of hydrogen-bond donors (Lipinski definition) is 2. The first-order chi connectivity index (χ1) is 19.5. The van der Waals surface area contributed by atoms with Crippen molar-refractivity contribution in [3.8, 4) is 5.75 Å². The summed E-state index contributed by atoms with van der Waals surface area (Å²) >= 11 is 8.01. The quantitative estimate of drug-likeness (QED) is 0.236. The van der Waals surface area contributed by atoms with Crippen LogP contribution in [0, 0.1) is 5.41 Å². The van der Waals surface area contributed by atoms with E-state index in [-0.39, 0.29) is 35.0 Å². The molecule has 0 spiro atoms. The van der Waals surface area contributed by atoms with E-state index in [4.69, 9.17) is 21.1 Å². The van der Waals surface area contributed by atoms with Gasteiger partial charge in [0.2, 0.25) is 0 Å². The van der Waals surface area contributed by atoms with Gasteiger partial charge in [0.1, 0.15) is 17.5 Å². The van der Waals surface area contributed by atoms with Crippen LogP contribution in [-0.4, -0.2) is 56.7 Å². The summed E-state index contributed by atoms with van der Waals surface area (Å²) in [6, 6.07) is 13.9. The fourth-order valence-electron chi connectivity index (χ4n) is 5.37. The van der Waals surface area contributed by atoms with Crippen molar-refractivity contribution >= 4 is 40.4 Å². The summed E-state index contributed by atoms with van der Waals surface area (Å²) < 4.78 is 12.6. The molecule has 42 heavy (non-hydrogen) atoms. The van der Waals surface area contributed by atoms with Gasteiger partial charge in [0.25, 0.3) is 0 Å². The number of carbonyl (C=O) groups is 1. The molecule has 1 amide bonds. The highest BCUT2D eigenvalue weighted by atomic mass is 35.5. The highest BCUT2D eigenvalue weighted by molar-refractivity contribution is 8.00. The Labute approximate surface area is 260 Å². The molecule has 2 atom stereocenters. The van der Waals surface area contributed by atoms with Gasteiger partial charge in [-0.25, -0.2) is 4.79 Å². The van der Waals surface area contributed by atoms with Crippen LogP contribution in [0.4, 0.5) is 4.79 Å². The molecule has 3 aromatic rings. The fourth-order valence-corrected chi connectivity index (χ4v) is 6.63. The maximum atomic E-state index is 13.2. The number of halogens is 1. The number of likely N-dealkylation sites (tertiary alicyclic amines) is 1. The van der Waals surface area contributed by atoms with Gasteiger partial charge in [0, 0.05) is 50.8 Å². The Morgan fingerprint density at radius 1 is 1.10 bits per heavy atom. The normalized spacial score (nSPS) is 17.1. The average Bonchev–Trinajstić information content (AvgIpc) is 3.48. The molecule has 1 fully saturated rings. The zero-order valence-electron chi connectivity index (χ0n) is 26.3. The maximum absolute atomic E-state index is 13.2. The third-order valence-corrected chi connectivity index (χ3v) is 8.82. The van der Waals surface area contributed by atoms with E-state index in [0.717, 1.165) is 47.2 Å². The highest BCUT2D eigenvalue weighted by Crippen LogP contribution is 2.42. The Hall–Kier alpha value is -2.35. The molecule has 2 heterocycles. The number of aromatic amines is 1. The van der Waals surface area contributed by atoms with Gasteiger partial charge in [-0.15, -0.1) is 11.8 Å². The van der Waals surface area contributed by atoms with Crippen molar-refractivity contribution in [2.24, 2.45) is 5.41 Å². The lowest BCUT2D eigenvalue weighted by molar-refractivity contribution is 0.00917. The second kappa shape index (κ2) is 12.7. The summed E-state index contributed by atoms with van der Waals surface area (Å²) in [7, 11) is 0. The van der Waals surface area contributed by atoms with Crippen molar-refractivity contribution in [2.45, 2.75) is 108 Å². The predicted octanol–water partition coefficient (Wildman–Crippen LogP) is 8.66. The lowest BCUT2D eigenvalue weighted by Crippen LogP contribution is -2.47. The Bertz CT molecular complexity index is 1370. The van der Waals surface area contributed by atoms with Crippen molar-refractivity contribution in [3.05, 3.63) is 58.7 Å². The third kappa shape index (κ3) is 8.61. The number of H-pyrrole nitrogens is 1. The number of benzene rings is 2. The molecule has 8 heteroatoms. The van der Waals surface area contributed by atoms with Crippen LogP contribution in [0.2, 0.25) is 5.02 Å². The number of carbonyl (C=O) groups excluding carboxylic acids is 1. The van der Waals surface area contributed by atoms with Crippen LogP contribution < -0.4 is 4.74 Å². The van der Waals surface area contributed by atoms with Gasteiger partial charge in [0.15, 0.2) is 0 Å². The minimum absolute atomic E-state index is 0.00102. The summed E-state index contributed by atoms with van der Waals surface area (Å²) in [5, 5.41) is 11.8. The standard InChI is InChI=1S/C34H47ClN2O4S/c1-32(2,3)41-31(39)37-17-9-10-28(37)29(18-22-11-13-23(35)14-12-22)40-24-15-16-26-25(19-24)30(42-33(4,5)6)27(36-26)20-34(7,8)21-38/h11-16,19,28-29,36,38H,9-10,17-18,20-21H2,1-8H3/t28-,29?/m0/s1. The van der Waals surface area contributed by atoms with E-state index in [9.17, 15) is 9.90 Å². The molecule has 2 aromatic carbocycles. The molecular weight excluding hydrogens is 568 g/mol. The molecule has 1 aliphatic heterocycles. The first kappa shape index (κ1) is 32.6. The smallest absolute Gasteiger partial charge is 0.410 e. The van der Waals surface area contributed by atoms with E-state index in [2.05, 4.69) is 51.7 Å². The van der Waals surface area contributed by atoms with Gasteiger partial charge in [-0.1, -0.05) is 58.4 Å². The van der Waals surface area contributed by atoms with Crippen molar-refractivity contribution in [3.63, 3.8) is 0 Å². The average molecular weight is 615 g/mol. The van der Waals surface area contributed by atoms with Crippen LogP contribution in [0.3, 0.4) is 0 Å². The van der Waals surface area contributed by atoms with Crippen LogP contribution >= 0.6 is 23.4 Å². The minimum Gasteiger partial charge on any atom is -0.488 e. The molecular formula is C34H47ClN2O4S. The number of nitrogens with one attached hydrogen (secondary N) is 1. The Morgan fingerprint density at radius 3 is 2.40 bits per heavy atom.